The van der Waals surface area contributed by atoms with Crippen molar-refractivity contribution in [1.29, 1.82) is 0 Å². The van der Waals surface area contributed by atoms with Crippen molar-refractivity contribution in [2.45, 2.75) is 32.2 Å². The Morgan fingerprint density at radius 2 is 1.59 bits per heavy atom. The van der Waals surface area contributed by atoms with Gasteiger partial charge < -0.3 is 14.0 Å². The van der Waals surface area contributed by atoms with Gasteiger partial charge >= 0.3 is 12.4 Å². The van der Waals surface area contributed by atoms with E-state index in [4.69, 9.17) is 0 Å². The zero-order valence-corrected chi connectivity index (χ0v) is 17.7. The van der Waals surface area contributed by atoms with Gasteiger partial charge in [0.2, 0.25) is 0 Å². The molecule has 0 aliphatic carbocycles. The van der Waals surface area contributed by atoms with Crippen molar-refractivity contribution in [2.24, 2.45) is 0 Å². The van der Waals surface area contributed by atoms with Gasteiger partial charge in [0, 0.05) is 25.8 Å². The quantitative estimate of drug-likeness (QED) is 0.525. The fourth-order valence-corrected chi connectivity index (χ4v) is 3.85. The summed E-state index contributed by atoms with van der Waals surface area (Å²) in [6.07, 6.45) is -6.97. The number of aryl methyl sites for hydroxylation is 1. The maximum atomic E-state index is 13.1. The Morgan fingerprint density at radius 1 is 0.941 bits per heavy atom. The Hall–Kier alpha value is -3.57. The molecular weight excluding hydrogens is 466 g/mol. The van der Waals surface area contributed by atoms with Crippen LogP contribution < -0.4 is 5.56 Å². The number of carbonyl (C=O) groups is 1. The summed E-state index contributed by atoms with van der Waals surface area (Å²) in [4.78, 5) is 31.1. The summed E-state index contributed by atoms with van der Waals surface area (Å²) in [6.45, 7) is 1.88. The monoisotopic (exact) mass is 484 g/mol. The number of hydrogen-bond acceptors (Lipinski definition) is 3. The number of halogens is 6. The van der Waals surface area contributed by atoms with Crippen LogP contribution in [0.2, 0.25) is 0 Å². The van der Waals surface area contributed by atoms with Crippen molar-refractivity contribution >= 4 is 5.91 Å². The van der Waals surface area contributed by atoms with Crippen molar-refractivity contribution in [3.63, 3.8) is 0 Å². The number of benzene rings is 1. The smallest absolute Gasteiger partial charge is 0.335 e. The van der Waals surface area contributed by atoms with E-state index >= 15 is 0 Å². The Morgan fingerprint density at radius 3 is 2.15 bits per heavy atom. The summed E-state index contributed by atoms with van der Waals surface area (Å²) in [5.74, 6) is -0.528. The Balaban J connectivity index is 1.56. The van der Waals surface area contributed by atoms with Crippen LogP contribution in [0, 0.1) is 6.92 Å². The topological polar surface area (TPSA) is 60.1 Å². The lowest BCUT2D eigenvalue weighted by atomic mass is 10.0. The number of hydrogen-bond donors (Lipinski definition) is 0. The number of aromatic nitrogens is 3. The minimum atomic E-state index is -4.94. The molecule has 0 unspecified atom stereocenters. The number of imidazole rings is 1. The first-order valence-electron chi connectivity index (χ1n) is 10.2. The molecule has 1 amide bonds. The second-order valence-corrected chi connectivity index (χ2v) is 7.94. The molecule has 34 heavy (non-hydrogen) atoms. The third-order valence-corrected chi connectivity index (χ3v) is 5.56. The number of nitrogens with zero attached hydrogens (tertiary/aromatic N) is 4. The molecule has 0 saturated heterocycles. The van der Waals surface area contributed by atoms with Crippen LogP contribution in [0.15, 0.2) is 47.7 Å². The summed E-state index contributed by atoms with van der Waals surface area (Å²) in [5.41, 5.74) is -2.30. The number of alkyl halides is 6. The molecule has 0 saturated carbocycles. The molecule has 0 atom stereocenters. The summed E-state index contributed by atoms with van der Waals surface area (Å²) < 4.78 is 81.3. The molecule has 1 aromatic carbocycles. The van der Waals surface area contributed by atoms with Crippen molar-refractivity contribution < 1.29 is 31.1 Å². The Kier molecular flexibility index (Phi) is 5.78. The van der Waals surface area contributed by atoms with E-state index in [0.29, 0.717) is 23.5 Å². The molecule has 3 aromatic rings. The van der Waals surface area contributed by atoms with Gasteiger partial charge in [0.25, 0.3) is 11.5 Å². The molecule has 12 heteroatoms. The first-order valence-corrected chi connectivity index (χ1v) is 10.2. The number of fused-ring (bicyclic) bond motifs is 1. The maximum Gasteiger partial charge on any atom is 0.416 e. The van der Waals surface area contributed by atoms with E-state index < -0.39 is 34.9 Å². The second-order valence-electron chi connectivity index (χ2n) is 7.94. The number of rotatable bonds is 4. The predicted octanol–water partition coefficient (Wildman–Crippen LogP) is 4.08. The fourth-order valence-electron chi connectivity index (χ4n) is 3.85. The molecule has 4 rings (SSSR count). The van der Waals surface area contributed by atoms with Gasteiger partial charge in [0.05, 0.1) is 23.1 Å². The SMILES string of the molecule is Cc1cn(-c2ccc3n(c2=O)CCN(CCc2cc(C(F)(F)F)cc(C(F)(F)F)c2)C3=O)cn1. The van der Waals surface area contributed by atoms with E-state index in [1.807, 2.05) is 0 Å². The second kappa shape index (κ2) is 8.33. The van der Waals surface area contributed by atoms with E-state index in [9.17, 15) is 35.9 Å². The molecule has 180 valence electrons. The molecule has 2 aromatic heterocycles. The van der Waals surface area contributed by atoms with E-state index in [0.717, 1.165) is 0 Å². The van der Waals surface area contributed by atoms with Crippen molar-refractivity contribution in [3.05, 3.63) is 81.3 Å². The van der Waals surface area contributed by atoms with Crippen LogP contribution in [0.25, 0.3) is 5.69 Å². The molecule has 3 heterocycles. The Labute approximate surface area is 189 Å². The molecule has 0 N–H and O–H groups in total. The fraction of sp³-hybridized carbons (Fsp3) is 0.318. The van der Waals surface area contributed by atoms with Crippen LogP contribution in [-0.2, 0) is 25.3 Å². The first kappa shape index (κ1) is 23.6. The van der Waals surface area contributed by atoms with Gasteiger partial charge in [-0.15, -0.1) is 0 Å². The standard InChI is InChI=1S/C22H18F6N4O2/c1-13-11-31(12-29-13)17-2-3-18-19(33)30(6-7-32(18)20(17)34)5-4-14-8-15(21(23,24)25)10-16(9-14)22(26,27)28/h2-3,8-12H,4-7H2,1H3. The van der Waals surface area contributed by atoms with Crippen LogP contribution in [-0.4, -0.2) is 38.0 Å². The van der Waals surface area contributed by atoms with Crippen molar-refractivity contribution in [2.75, 3.05) is 13.1 Å². The molecule has 1 aliphatic heterocycles. The summed E-state index contributed by atoms with van der Waals surface area (Å²) >= 11 is 0. The lowest BCUT2D eigenvalue weighted by Crippen LogP contribution is -2.45. The highest BCUT2D eigenvalue weighted by molar-refractivity contribution is 5.93. The molecular formula is C22H18F6N4O2. The van der Waals surface area contributed by atoms with Crippen LogP contribution >= 0.6 is 0 Å². The molecule has 1 aliphatic rings. The average Bonchev–Trinajstić information content (AvgIpc) is 3.18. The minimum Gasteiger partial charge on any atom is -0.335 e. The van der Waals surface area contributed by atoms with Crippen molar-refractivity contribution in [1.82, 2.24) is 19.0 Å². The highest BCUT2D eigenvalue weighted by atomic mass is 19.4. The average molecular weight is 484 g/mol. The Bertz CT molecular complexity index is 1270. The number of amides is 1. The lowest BCUT2D eigenvalue weighted by Gasteiger charge is -2.30. The van der Waals surface area contributed by atoms with Crippen LogP contribution in [0.4, 0.5) is 26.3 Å². The minimum absolute atomic E-state index is 0.0670. The molecule has 0 radical (unpaired) electrons. The highest BCUT2D eigenvalue weighted by Gasteiger charge is 2.37. The van der Waals surface area contributed by atoms with E-state index in [-0.39, 0.29) is 43.4 Å². The zero-order valence-electron chi connectivity index (χ0n) is 17.7. The van der Waals surface area contributed by atoms with Gasteiger partial charge in [0.15, 0.2) is 0 Å². The third-order valence-electron chi connectivity index (χ3n) is 5.56. The molecule has 6 nitrogen and oxygen atoms in total. The normalized spacial score (nSPS) is 14.4. The first-order chi connectivity index (χ1) is 15.8. The van der Waals surface area contributed by atoms with Gasteiger partial charge in [-0.05, 0) is 49.2 Å². The number of carbonyl (C=O) groups excluding carboxylic acids is 1. The van der Waals surface area contributed by atoms with Crippen LogP contribution in [0.1, 0.15) is 32.9 Å². The molecule has 0 fully saturated rings. The van der Waals surface area contributed by atoms with Gasteiger partial charge in [-0.2, -0.15) is 26.3 Å². The van der Waals surface area contributed by atoms with Gasteiger partial charge in [-0.1, -0.05) is 0 Å². The van der Waals surface area contributed by atoms with E-state index in [1.54, 1.807) is 13.1 Å². The lowest BCUT2D eigenvalue weighted by molar-refractivity contribution is -0.143. The zero-order chi connectivity index (χ0) is 24.8. The molecule has 0 spiro atoms. The third kappa shape index (κ3) is 4.57. The highest BCUT2D eigenvalue weighted by Crippen LogP contribution is 2.36. The summed E-state index contributed by atoms with van der Waals surface area (Å²) in [5, 5.41) is 0. The summed E-state index contributed by atoms with van der Waals surface area (Å²) in [6, 6.07) is 4.31. The van der Waals surface area contributed by atoms with Crippen molar-refractivity contribution in [3.8, 4) is 5.69 Å². The number of pyridine rings is 1. The van der Waals surface area contributed by atoms with E-state index in [1.165, 1.54) is 32.5 Å². The van der Waals surface area contributed by atoms with Crippen LogP contribution in [0.5, 0.6) is 0 Å². The predicted molar refractivity (Wildman–Crippen MR) is 109 cm³/mol. The molecule has 0 bridgehead atoms. The largest absolute Gasteiger partial charge is 0.416 e. The summed E-state index contributed by atoms with van der Waals surface area (Å²) in [7, 11) is 0. The van der Waals surface area contributed by atoms with Crippen LogP contribution in [0.3, 0.4) is 0 Å². The maximum absolute atomic E-state index is 13.1. The van der Waals surface area contributed by atoms with Gasteiger partial charge in [0.1, 0.15) is 11.4 Å². The van der Waals surface area contributed by atoms with Gasteiger partial charge in [-0.25, -0.2) is 4.98 Å². The van der Waals surface area contributed by atoms with E-state index in [2.05, 4.69) is 4.98 Å². The van der Waals surface area contributed by atoms with Gasteiger partial charge in [-0.3, -0.25) is 9.59 Å².